The minimum absolute atomic E-state index is 0.151. The second kappa shape index (κ2) is 11.5. The van der Waals surface area contributed by atoms with Crippen LogP contribution in [0.4, 0.5) is 0 Å². The fourth-order valence-electron chi connectivity index (χ4n) is 3.61. The molecule has 8 heteroatoms. The monoisotopic (exact) mass is 508 g/mol. The van der Waals surface area contributed by atoms with E-state index in [2.05, 4.69) is 11.1 Å². The van der Waals surface area contributed by atoms with E-state index in [-0.39, 0.29) is 18.0 Å². The van der Waals surface area contributed by atoms with Gasteiger partial charge >= 0.3 is 0 Å². The third-order valence-corrected chi connectivity index (χ3v) is 8.24. The number of hydrogen-bond acceptors (Lipinski definition) is 6. The number of pyridine rings is 1. The Balaban J connectivity index is 1.56. The Morgan fingerprint density at radius 1 is 0.943 bits per heavy atom. The van der Waals surface area contributed by atoms with Crippen molar-refractivity contribution in [3.63, 3.8) is 0 Å². The summed E-state index contributed by atoms with van der Waals surface area (Å²) in [5.74, 6) is 1.20. The highest BCUT2D eigenvalue weighted by Gasteiger charge is 2.26. The number of aromatic nitrogens is 1. The summed E-state index contributed by atoms with van der Waals surface area (Å²) in [6.07, 6.45) is 2.48. The van der Waals surface area contributed by atoms with Gasteiger partial charge in [0.2, 0.25) is 10.0 Å². The van der Waals surface area contributed by atoms with Crippen LogP contribution in [0.1, 0.15) is 21.7 Å². The zero-order chi connectivity index (χ0) is 24.7. The number of sulfonamides is 1. The molecule has 4 rings (SSSR count). The summed E-state index contributed by atoms with van der Waals surface area (Å²) in [6.45, 7) is 2.78. The Labute approximate surface area is 210 Å². The number of benzene rings is 2. The van der Waals surface area contributed by atoms with E-state index >= 15 is 0 Å². The molecule has 0 aliphatic carbocycles. The van der Waals surface area contributed by atoms with Gasteiger partial charge in [-0.25, -0.2) is 8.42 Å². The van der Waals surface area contributed by atoms with Gasteiger partial charge in [0.05, 0.1) is 30.9 Å². The molecular formula is C27H28N2O4S2. The summed E-state index contributed by atoms with van der Waals surface area (Å²) < 4.78 is 40.1. The Hall–Kier alpha value is -3.20. The lowest BCUT2D eigenvalue weighted by atomic mass is 10.2. The van der Waals surface area contributed by atoms with E-state index in [4.69, 9.17) is 9.47 Å². The first-order chi connectivity index (χ1) is 17.0. The van der Waals surface area contributed by atoms with E-state index in [9.17, 15) is 8.42 Å². The topological polar surface area (TPSA) is 68.7 Å². The number of nitrogens with zero attached hydrogens (tertiary/aromatic N) is 2. The van der Waals surface area contributed by atoms with Crippen molar-refractivity contribution in [3.05, 3.63) is 106 Å². The molecule has 2 heterocycles. The first kappa shape index (κ1) is 24.9. The molecule has 0 saturated heterocycles. The smallest absolute Gasteiger partial charge is 0.243 e. The van der Waals surface area contributed by atoms with Crippen LogP contribution in [0.2, 0.25) is 0 Å². The molecule has 0 unspecified atom stereocenters. The van der Waals surface area contributed by atoms with Crippen LogP contribution in [0, 0.1) is 6.92 Å². The maximum Gasteiger partial charge on any atom is 0.243 e. The standard InChI is InChI=1S/C27H28N2O4S2/c1-21-8-11-25(12-9-21)35(30,31)29(20-23-6-3-4-15-28-23)19-22-10-13-26(27(18-22)32-2)33-16-14-24-7-5-17-34-24/h3-13,15,17-18H,14,16,19-20H2,1-2H3. The molecule has 0 bridgehead atoms. The van der Waals surface area contributed by atoms with Crippen LogP contribution in [0.3, 0.4) is 0 Å². The Morgan fingerprint density at radius 2 is 1.77 bits per heavy atom. The molecule has 0 radical (unpaired) electrons. The van der Waals surface area contributed by atoms with E-state index in [1.165, 1.54) is 9.18 Å². The summed E-state index contributed by atoms with van der Waals surface area (Å²) in [5.41, 5.74) is 2.46. The first-order valence-electron chi connectivity index (χ1n) is 11.2. The second-order valence-electron chi connectivity index (χ2n) is 8.07. The number of rotatable bonds is 11. The van der Waals surface area contributed by atoms with E-state index < -0.39 is 10.0 Å². The lowest BCUT2D eigenvalue weighted by molar-refractivity contribution is 0.298. The average molecular weight is 509 g/mol. The third kappa shape index (κ3) is 6.48. The summed E-state index contributed by atoms with van der Waals surface area (Å²) in [7, 11) is -2.18. The van der Waals surface area contributed by atoms with Crippen molar-refractivity contribution in [3.8, 4) is 11.5 Å². The zero-order valence-electron chi connectivity index (χ0n) is 19.8. The van der Waals surface area contributed by atoms with Gasteiger partial charge in [0, 0.05) is 24.0 Å². The minimum atomic E-state index is -3.76. The van der Waals surface area contributed by atoms with Crippen molar-refractivity contribution in [1.82, 2.24) is 9.29 Å². The van der Waals surface area contributed by atoms with Crippen molar-refractivity contribution < 1.29 is 17.9 Å². The summed E-state index contributed by atoms with van der Waals surface area (Å²) >= 11 is 1.70. The molecule has 4 aromatic rings. The number of thiophene rings is 1. The van der Waals surface area contributed by atoms with Crippen LogP contribution >= 0.6 is 11.3 Å². The first-order valence-corrected chi connectivity index (χ1v) is 13.6. The van der Waals surface area contributed by atoms with Gasteiger partial charge < -0.3 is 9.47 Å². The van der Waals surface area contributed by atoms with Crippen LogP contribution in [0.15, 0.2) is 89.3 Å². The molecule has 0 amide bonds. The van der Waals surface area contributed by atoms with Crippen molar-refractivity contribution in [2.45, 2.75) is 31.3 Å². The summed E-state index contributed by atoms with van der Waals surface area (Å²) in [4.78, 5) is 5.84. The molecule has 2 aromatic carbocycles. The normalized spacial score (nSPS) is 11.5. The van der Waals surface area contributed by atoms with Crippen molar-refractivity contribution in [2.24, 2.45) is 0 Å². The highest BCUT2D eigenvalue weighted by molar-refractivity contribution is 7.89. The second-order valence-corrected chi connectivity index (χ2v) is 11.0. The predicted molar refractivity (Wildman–Crippen MR) is 138 cm³/mol. The van der Waals surface area contributed by atoms with Crippen molar-refractivity contribution in [1.29, 1.82) is 0 Å². The summed E-state index contributed by atoms with van der Waals surface area (Å²) in [6, 6.07) is 22.0. The Morgan fingerprint density at radius 3 is 2.46 bits per heavy atom. The van der Waals surface area contributed by atoms with Gasteiger partial charge in [-0.2, -0.15) is 4.31 Å². The molecule has 0 aliphatic heterocycles. The molecule has 0 spiro atoms. The van der Waals surface area contributed by atoms with Gasteiger partial charge in [0.25, 0.3) is 0 Å². The number of methoxy groups -OCH3 is 1. The molecule has 35 heavy (non-hydrogen) atoms. The van der Waals surface area contributed by atoms with Gasteiger partial charge in [0.15, 0.2) is 11.5 Å². The number of ether oxygens (including phenoxy) is 2. The lowest BCUT2D eigenvalue weighted by Crippen LogP contribution is -2.30. The highest BCUT2D eigenvalue weighted by atomic mass is 32.2. The van der Waals surface area contributed by atoms with Crippen LogP contribution in [0.5, 0.6) is 11.5 Å². The molecule has 0 fully saturated rings. The molecule has 0 N–H and O–H groups in total. The van der Waals surface area contributed by atoms with E-state index in [1.807, 2.05) is 54.8 Å². The minimum Gasteiger partial charge on any atom is -0.493 e. The molecule has 0 aliphatic rings. The maximum atomic E-state index is 13.6. The van der Waals surface area contributed by atoms with Crippen molar-refractivity contribution in [2.75, 3.05) is 13.7 Å². The Bertz CT molecular complexity index is 1320. The van der Waals surface area contributed by atoms with Crippen molar-refractivity contribution >= 4 is 21.4 Å². The van der Waals surface area contributed by atoms with Crippen LogP contribution < -0.4 is 9.47 Å². The molecule has 6 nitrogen and oxygen atoms in total. The molecular weight excluding hydrogens is 480 g/mol. The quantitative estimate of drug-likeness (QED) is 0.269. The summed E-state index contributed by atoms with van der Waals surface area (Å²) in [5, 5.41) is 2.05. The SMILES string of the molecule is COc1cc(CN(Cc2ccccn2)S(=O)(=O)c2ccc(C)cc2)ccc1OCCc1cccs1. The maximum absolute atomic E-state index is 13.6. The van der Waals surface area contributed by atoms with Gasteiger partial charge in [-0.15, -0.1) is 11.3 Å². The van der Waals surface area contributed by atoms with E-state index in [0.717, 1.165) is 17.5 Å². The fraction of sp³-hybridized carbons (Fsp3) is 0.222. The van der Waals surface area contributed by atoms with Crippen LogP contribution in [0.25, 0.3) is 0 Å². The van der Waals surface area contributed by atoms with E-state index in [0.29, 0.717) is 23.8 Å². The van der Waals surface area contributed by atoms with Gasteiger partial charge in [-0.05, 0) is 60.3 Å². The molecule has 182 valence electrons. The van der Waals surface area contributed by atoms with Gasteiger partial charge in [0.1, 0.15) is 0 Å². The largest absolute Gasteiger partial charge is 0.493 e. The Kier molecular flexibility index (Phi) is 8.17. The molecule has 0 saturated carbocycles. The third-order valence-electron chi connectivity index (χ3n) is 5.50. The van der Waals surface area contributed by atoms with Crippen LogP contribution in [-0.2, 0) is 29.5 Å². The zero-order valence-corrected chi connectivity index (χ0v) is 21.4. The number of aryl methyl sites for hydroxylation is 1. The van der Waals surface area contributed by atoms with Gasteiger partial charge in [-0.3, -0.25) is 4.98 Å². The fourth-order valence-corrected chi connectivity index (χ4v) is 5.70. The number of hydrogen-bond donors (Lipinski definition) is 0. The van der Waals surface area contributed by atoms with Gasteiger partial charge in [-0.1, -0.05) is 35.9 Å². The van der Waals surface area contributed by atoms with Crippen LogP contribution in [-0.4, -0.2) is 31.4 Å². The predicted octanol–water partition coefficient (Wildman–Crippen LogP) is 5.47. The lowest BCUT2D eigenvalue weighted by Gasteiger charge is -2.23. The highest BCUT2D eigenvalue weighted by Crippen LogP contribution is 2.30. The van der Waals surface area contributed by atoms with E-state index in [1.54, 1.807) is 48.9 Å². The molecule has 0 atom stereocenters. The average Bonchev–Trinajstić information content (AvgIpc) is 3.39. The molecule has 2 aromatic heterocycles.